The molecule has 12 heteroatoms. The van der Waals surface area contributed by atoms with Crippen LogP contribution in [0.25, 0.3) is 0 Å². The fourth-order valence-corrected chi connectivity index (χ4v) is 8.22. The van der Waals surface area contributed by atoms with Gasteiger partial charge in [-0.05, 0) is 81.6 Å². The number of nitrogens with one attached hydrogen (secondary N) is 3. The van der Waals surface area contributed by atoms with Crippen molar-refractivity contribution >= 4 is 52.8 Å². The summed E-state index contributed by atoms with van der Waals surface area (Å²) in [5.41, 5.74) is -1.25. The maximum atomic E-state index is 16.8. The number of halogens is 3. The Hall–Kier alpha value is -2.79. The normalized spacial score (nSPS) is 30.0. The quantitative estimate of drug-likeness (QED) is 0.245. The van der Waals surface area contributed by atoms with Crippen molar-refractivity contribution in [3.8, 4) is 0 Å². The molecular formula is C34H44Cl2FN5O4. The number of allylic oxidation sites excluding steroid dienone is 1. The monoisotopic (exact) mass is 675 g/mol. The Bertz CT molecular complexity index is 1440. The van der Waals surface area contributed by atoms with Crippen molar-refractivity contribution in [1.29, 1.82) is 0 Å². The van der Waals surface area contributed by atoms with E-state index in [4.69, 9.17) is 27.9 Å². The smallest absolute Gasteiger partial charge is 0.251 e. The molecule has 9 nitrogen and oxygen atoms in total. The number of hydrogen-bond donors (Lipinski definition) is 3. The summed E-state index contributed by atoms with van der Waals surface area (Å²) in [4.78, 5) is 47.2. The van der Waals surface area contributed by atoms with Crippen molar-refractivity contribution in [2.75, 3.05) is 25.0 Å². The summed E-state index contributed by atoms with van der Waals surface area (Å²) < 4.78 is 22.7. The van der Waals surface area contributed by atoms with Gasteiger partial charge in [0.25, 0.3) is 5.91 Å². The van der Waals surface area contributed by atoms with Gasteiger partial charge in [0, 0.05) is 35.6 Å². The van der Waals surface area contributed by atoms with E-state index >= 15 is 4.39 Å². The Balaban J connectivity index is 1.52. The third-order valence-electron chi connectivity index (χ3n) is 10.5. The second-order valence-electron chi connectivity index (χ2n) is 13.6. The van der Waals surface area contributed by atoms with Crippen molar-refractivity contribution < 1.29 is 23.5 Å². The second kappa shape index (κ2) is 13.4. The average Bonchev–Trinajstić information content (AvgIpc) is 3.47. The number of aliphatic imine (C=N–C) groups is 1. The Kier molecular flexibility index (Phi) is 10.0. The number of hydrogen-bond acceptors (Lipinski definition) is 6. The van der Waals surface area contributed by atoms with Gasteiger partial charge < -0.3 is 20.3 Å². The van der Waals surface area contributed by atoms with E-state index in [9.17, 15) is 14.4 Å². The number of benzene rings is 1. The van der Waals surface area contributed by atoms with Crippen LogP contribution < -0.4 is 16.0 Å². The van der Waals surface area contributed by atoms with Gasteiger partial charge in [0.15, 0.2) is 0 Å². The van der Waals surface area contributed by atoms with E-state index in [2.05, 4.69) is 41.4 Å². The summed E-state index contributed by atoms with van der Waals surface area (Å²) in [7, 11) is 0. The van der Waals surface area contributed by atoms with E-state index in [0.717, 1.165) is 18.9 Å². The number of carbonyl (C=O) groups excluding carboxylic acids is 3. The van der Waals surface area contributed by atoms with E-state index in [1.54, 1.807) is 23.1 Å². The van der Waals surface area contributed by atoms with Gasteiger partial charge in [-0.25, -0.2) is 9.38 Å². The van der Waals surface area contributed by atoms with Crippen molar-refractivity contribution in [1.82, 2.24) is 15.5 Å². The van der Waals surface area contributed by atoms with Crippen molar-refractivity contribution in [3.05, 3.63) is 52.4 Å². The molecule has 2 saturated heterocycles. The first-order valence-corrected chi connectivity index (χ1v) is 16.9. The zero-order valence-electron chi connectivity index (χ0n) is 26.9. The summed E-state index contributed by atoms with van der Waals surface area (Å²) in [6, 6.07) is 3.65. The van der Waals surface area contributed by atoms with Crippen LogP contribution in [0.5, 0.6) is 0 Å². The van der Waals surface area contributed by atoms with Crippen LogP contribution in [-0.4, -0.2) is 72.3 Å². The number of nitrogens with zero attached hydrogens (tertiary/aromatic N) is 2. The van der Waals surface area contributed by atoms with Gasteiger partial charge in [0.05, 0.1) is 24.6 Å². The van der Waals surface area contributed by atoms with Crippen molar-refractivity contribution in [2.24, 2.45) is 16.3 Å². The van der Waals surface area contributed by atoms with Gasteiger partial charge >= 0.3 is 0 Å². The second-order valence-corrected chi connectivity index (χ2v) is 14.5. The van der Waals surface area contributed by atoms with Crippen LogP contribution in [0.15, 0.2) is 46.8 Å². The predicted octanol–water partition coefficient (Wildman–Crippen LogP) is 5.62. The highest BCUT2D eigenvalue weighted by Crippen LogP contribution is 2.62. The van der Waals surface area contributed by atoms with Gasteiger partial charge in [-0.2, -0.15) is 0 Å². The van der Waals surface area contributed by atoms with Crippen LogP contribution in [0.2, 0.25) is 5.02 Å². The summed E-state index contributed by atoms with van der Waals surface area (Å²) >= 11 is 12.1. The first kappa shape index (κ1) is 34.5. The first-order chi connectivity index (χ1) is 21.8. The Labute approximate surface area is 280 Å². The van der Waals surface area contributed by atoms with E-state index in [1.165, 1.54) is 6.21 Å². The summed E-state index contributed by atoms with van der Waals surface area (Å²) in [5, 5.41) is 10.0. The molecule has 1 aliphatic carbocycles. The van der Waals surface area contributed by atoms with Gasteiger partial charge in [0.2, 0.25) is 11.8 Å². The molecule has 2 spiro atoms. The molecule has 1 aromatic carbocycles. The maximum Gasteiger partial charge on any atom is 0.251 e. The molecular weight excluding hydrogens is 632 g/mol. The van der Waals surface area contributed by atoms with E-state index in [-0.39, 0.29) is 35.0 Å². The number of carbonyl (C=O) groups is 3. The Morgan fingerprint density at radius 2 is 1.89 bits per heavy atom. The Morgan fingerprint density at radius 1 is 1.20 bits per heavy atom. The summed E-state index contributed by atoms with van der Waals surface area (Å²) in [6.45, 7) is 13.1. The van der Waals surface area contributed by atoms with Crippen LogP contribution in [0.3, 0.4) is 0 Å². The SMILES string of the molecule is C=C(Cl)N=C/C=C(\F)[C@H]1[C@H](C(=O)N[C@@H]2CC[C@@H](C(=O)N(CC)CC)OC2)NC2(CCC(C)(C)CC2)[C@@]12C(=O)Nc1cc(Cl)ccc12. The average molecular weight is 677 g/mol. The number of rotatable bonds is 8. The molecule has 250 valence electrons. The van der Waals surface area contributed by atoms with Gasteiger partial charge in [-0.3, -0.25) is 19.7 Å². The van der Waals surface area contributed by atoms with Gasteiger partial charge in [-0.15, -0.1) is 0 Å². The maximum absolute atomic E-state index is 16.8. The highest BCUT2D eigenvalue weighted by atomic mass is 35.5. The number of ether oxygens (including phenoxy) is 1. The predicted molar refractivity (Wildman–Crippen MR) is 179 cm³/mol. The first-order valence-electron chi connectivity index (χ1n) is 16.1. The third kappa shape index (κ3) is 6.14. The number of anilines is 1. The lowest BCUT2D eigenvalue weighted by Crippen LogP contribution is -2.62. The molecule has 1 saturated carbocycles. The molecule has 3 amide bonds. The lowest BCUT2D eigenvalue weighted by molar-refractivity contribution is -0.147. The van der Waals surface area contributed by atoms with Crippen molar-refractivity contribution in [3.63, 3.8) is 0 Å². The van der Waals surface area contributed by atoms with Gasteiger partial charge in [0.1, 0.15) is 22.5 Å². The lowest BCUT2D eigenvalue weighted by atomic mass is 9.54. The molecule has 46 heavy (non-hydrogen) atoms. The molecule has 0 bridgehead atoms. The topological polar surface area (TPSA) is 112 Å². The van der Waals surface area contributed by atoms with E-state index < -0.39 is 40.8 Å². The van der Waals surface area contributed by atoms with Crippen LogP contribution in [0.1, 0.15) is 71.8 Å². The number of likely N-dealkylation sites (N-methyl/N-ethyl adjacent to an activating group) is 1. The fraction of sp³-hybridized carbons (Fsp3) is 0.588. The van der Waals surface area contributed by atoms with Crippen LogP contribution in [-0.2, 0) is 24.5 Å². The fourth-order valence-electron chi connectivity index (χ4n) is 7.99. The third-order valence-corrected chi connectivity index (χ3v) is 10.8. The number of fused-ring (bicyclic) bond motifs is 3. The van der Waals surface area contributed by atoms with Crippen LogP contribution >= 0.6 is 23.2 Å². The molecule has 4 aliphatic rings. The lowest BCUT2D eigenvalue weighted by Gasteiger charge is -2.50. The molecule has 0 radical (unpaired) electrons. The number of amides is 3. The zero-order valence-corrected chi connectivity index (χ0v) is 28.4. The molecule has 3 heterocycles. The molecule has 0 unspecified atom stereocenters. The summed E-state index contributed by atoms with van der Waals surface area (Å²) in [6.07, 6.45) is 5.41. The molecule has 5 rings (SSSR count). The van der Waals surface area contributed by atoms with Crippen LogP contribution in [0, 0.1) is 11.3 Å². The Morgan fingerprint density at radius 3 is 2.50 bits per heavy atom. The molecule has 1 aromatic rings. The standard InChI is InChI=1S/C34H44Cl2FN5O4/c1-6-42(7-2)30(44)26-11-9-22(19-46-26)39-29(43)28-27(24(37)12-17-38-20(3)35)34(33(41-28)15-13-32(4,5)14-16-33)23-10-8-21(36)18-25(23)40-31(34)45/h8,10,12,17-18,22,26-28,41H,3,6-7,9,11,13-16,19H2,1-2,4-5H3,(H,39,43)(H,40,45)/b24-12-,38-17?/t22-,26+,27+,28-,34-/m1/s1. The minimum absolute atomic E-state index is 0.0160. The minimum Gasteiger partial charge on any atom is -0.366 e. The minimum atomic E-state index is -1.46. The summed E-state index contributed by atoms with van der Waals surface area (Å²) in [5.74, 6) is -2.77. The highest BCUT2D eigenvalue weighted by molar-refractivity contribution is 6.31. The molecule has 3 fully saturated rings. The van der Waals surface area contributed by atoms with Crippen LogP contribution in [0.4, 0.5) is 10.1 Å². The molecule has 3 N–H and O–H groups in total. The molecule has 0 aromatic heterocycles. The van der Waals surface area contributed by atoms with Crippen molar-refractivity contribution in [2.45, 2.75) is 95.4 Å². The highest BCUT2D eigenvalue weighted by Gasteiger charge is 2.73. The molecule has 3 aliphatic heterocycles. The largest absolute Gasteiger partial charge is 0.366 e. The molecule has 5 atom stereocenters. The van der Waals surface area contributed by atoms with Gasteiger partial charge in [-0.1, -0.05) is 49.7 Å². The van der Waals surface area contributed by atoms with E-state index in [1.807, 2.05) is 13.8 Å². The zero-order chi connectivity index (χ0) is 33.4. The van der Waals surface area contributed by atoms with E-state index in [0.29, 0.717) is 55.0 Å².